The van der Waals surface area contributed by atoms with Gasteiger partial charge in [0.05, 0.1) is 6.04 Å². The van der Waals surface area contributed by atoms with Crippen molar-refractivity contribution in [3.8, 4) is 0 Å². The fourth-order valence-electron chi connectivity index (χ4n) is 4.41. The van der Waals surface area contributed by atoms with E-state index in [2.05, 4.69) is 27.5 Å². The van der Waals surface area contributed by atoms with E-state index in [9.17, 15) is 18.8 Å². The molecule has 180 valence electrons. The molecule has 0 saturated carbocycles. The average molecular weight is 468 g/mol. The van der Waals surface area contributed by atoms with Crippen LogP contribution in [0.25, 0.3) is 0 Å². The second-order valence-electron chi connectivity index (χ2n) is 9.09. The van der Waals surface area contributed by atoms with Crippen LogP contribution in [0, 0.1) is 5.82 Å². The summed E-state index contributed by atoms with van der Waals surface area (Å²) >= 11 is 0. The van der Waals surface area contributed by atoms with Gasteiger partial charge >= 0.3 is 6.03 Å². The molecule has 2 unspecified atom stereocenters. The van der Waals surface area contributed by atoms with Gasteiger partial charge in [0.25, 0.3) is 5.91 Å². The zero-order valence-corrected chi connectivity index (χ0v) is 19.5. The van der Waals surface area contributed by atoms with Gasteiger partial charge in [0, 0.05) is 32.7 Å². The third-order valence-electron chi connectivity index (χ3n) is 6.57. The summed E-state index contributed by atoms with van der Waals surface area (Å²) in [5.74, 6) is -1.41. The van der Waals surface area contributed by atoms with Gasteiger partial charge in [0.1, 0.15) is 17.9 Å². The van der Waals surface area contributed by atoms with E-state index in [-0.39, 0.29) is 6.04 Å². The van der Waals surface area contributed by atoms with Gasteiger partial charge in [-0.1, -0.05) is 42.5 Å². The summed E-state index contributed by atoms with van der Waals surface area (Å²) in [7, 11) is 2.09. The second-order valence-corrected chi connectivity index (χ2v) is 9.09. The number of carbonyl (C=O) groups excluding carboxylic acids is 3. The molecule has 0 radical (unpaired) electrons. The summed E-state index contributed by atoms with van der Waals surface area (Å²) in [6, 6.07) is 14.1. The number of hydrogen-bond donors (Lipinski definition) is 2. The average Bonchev–Trinajstić information content (AvgIpc) is 3.04. The maximum absolute atomic E-state index is 13.3. The summed E-state index contributed by atoms with van der Waals surface area (Å²) in [6.07, 6.45) is 0. The summed E-state index contributed by atoms with van der Waals surface area (Å²) < 4.78 is 13.3. The van der Waals surface area contributed by atoms with Crippen LogP contribution in [-0.2, 0) is 15.1 Å². The molecule has 2 heterocycles. The Labute approximate surface area is 198 Å². The highest BCUT2D eigenvalue weighted by Crippen LogP contribution is 2.29. The summed E-state index contributed by atoms with van der Waals surface area (Å²) in [5.41, 5.74) is 0.0551. The lowest BCUT2D eigenvalue weighted by molar-refractivity contribution is -0.135. The van der Waals surface area contributed by atoms with Crippen LogP contribution >= 0.6 is 0 Å². The highest BCUT2D eigenvalue weighted by atomic mass is 19.1. The molecule has 0 spiro atoms. The van der Waals surface area contributed by atoms with Crippen LogP contribution in [0.2, 0.25) is 0 Å². The Balaban J connectivity index is 1.45. The Morgan fingerprint density at radius 3 is 2.35 bits per heavy atom. The van der Waals surface area contributed by atoms with Crippen molar-refractivity contribution in [2.45, 2.75) is 18.5 Å². The van der Waals surface area contributed by atoms with Crippen LogP contribution in [0.5, 0.6) is 0 Å². The predicted molar refractivity (Wildman–Crippen MR) is 125 cm³/mol. The molecule has 2 N–H and O–H groups in total. The lowest BCUT2D eigenvalue weighted by atomic mass is 9.92. The van der Waals surface area contributed by atoms with Crippen molar-refractivity contribution in [2.24, 2.45) is 0 Å². The van der Waals surface area contributed by atoms with Gasteiger partial charge in [-0.2, -0.15) is 0 Å². The van der Waals surface area contributed by atoms with Crippen molar-refractivity contribution in [2.75, 3.05) is 46.3 Å². The highest BCUT2D eigenvalue weighted by Gasteiger charge is 2.49. The van der Waals surface area contributed by atoms with E-state index in [0.29, 0.717) is 12.1 Å². The monoisotopic (exact) mass is 467 g/mol. The molecule has 9 heteroatoms. The summed E-state index contributed by atoms with van der Waals surface area (Å²) in [6.45, 7) is 5.51. The first kappa shape index (κ1) is 23.8. The van der Waals surface area contributed by atoms with Crippen LogP contribution < -0.4 is 10.6 Å². The van der Waals surface area contributed by atoms with Crippen molar-refractivity contribution in [1.29, 1.82) is 0 Å². The van der Waals surface area contributed by atoms with E-state index >= 15 is 0 Å². The molecule has 2 aliphatic rings. The normalized spacial score (nSPS) is 22.5. The van der Waals surface area contributed by atoms with E-state index in [1.165, 1.54) is 24.3 Å². The van der Waals surface area contributed by atoms with E-state index < -0.39 is 35.7 Å². The molecule has 4 amide bonds. The standard InChI is InChI=1S/C25H30FN5O3/c1-25(19-8-10-20(26)11-9-19)23(33)31(24(34)28-25)17-22(32)27-21(18-6-4-3-5-7-18)16-30-14-12-29(2)13-15-30/h3-11,21H,12-17H2,1-2H3,(H,27,32)(H,28,34). The maximum atomic E-state index is 13.3. The minimum Gasteiger partial charge on any atom is -0.346 e. The molecule has 2 aromatic carbocycles. The molecule has 0 bridgehead atoms. The third-order valence-corrected chi connectivity index (χ3v) is 6.57. The number of likely N-dealkylation sites (N-methyl/N-ethyl adjacent to an activating group) is 1. The molecule has 0 aliphatic carbocycles. The fraction of sp³-hybridized carbons (Fsp3) is 0.400. The lowest BCUT2D eigenvalue weighted by Crippen LogP contribution is -2.49. The summed E-state index contributed by atoms with van der Waals surface area (Å²) in [5, 5.41) is 5.66. The topological polar surface area (TPSA) is 85.0 Å². The van der Waals surface area contributed by atoms with Gasteiger partial charge in [0.15, 0.2) is 0 Å². The van der Waals surface area contributed by atoms with E-state index in [0.717, 1.165) is 36.6 Å². The van der Waals surface area contributed by atoms with Crippen molar-refractivity contribution in [3.05, 3.63) is 71.5 Å². The molecule has 2 aromatic rings. The van der Waals surface area contributed by atoms with Gasteiger partial charge < -0.3 is 15.5 Å². The number of amides is 4. The molecular weight excluding hydrogens is 437 g/mol. The number of urea groups is 1. The van der Waals surface area contributed by atoms with Gasteiger partial charge in [-0.3, -0.25) is 19.4 Å². The first-order valence-corrected chi connectivity index (χ1v) is 11.4. The lowest BCUT2D eigenvalue weighted by Gasteiger charge is -2.35. The maximum Gasteiger partial charge on any atom is 0.325 e. The quantitative estimate of drug-likeness (QED) is 0.606. The molecule has 2 saturated heterocycles. The van der Waals surface area contributed by atoms with Crippen LogP contribution in [0.4, 0.5) is 9.18 Å². The van der Waals surface area contributed by atoms with Crippen LogP contribution in [0.3, 0.4) is 0 Å². The second kappa shape index (κ2) is 9.90. The minimum absolute atomic E-state index is 0.277. The zero-order valence-electron chi connectivity index (χ0n) is 19.5. The fourth-order valence-corrected chi connectivity index (χ4v) is 4.41. The number of halogens is 1. The number of benzene rings is 2. The third kappa shape index (κ3) is 5.10. The largest absolute Gasteiger partial charge is 0.346 e. The number of nitrogens with one attached hydrogen (secondary N) is 2. The molecule has 2 aliphatic heterocycles. The van der Waals surface area contributed by atoms with Crippen molar-refractivity contribution in [1.82, 2.24) is 25.3 Å². The minimum atomic E-state index is -1.36. The van der Waals surface area contributed by atoms with Gasteiger partial charge in [-0.15, -0.1) is 0 Å². The Hall–Kier alpha value is -3.30. The Bertz CT molecular complexity index is 1040. The summed E-state index contributed by atoms with van der Waals surface area (Å²) in [4.78, 5) is 44.2. The molecule has 4 rings (SSSR count). The van der Waals surface area contributed by atoms with Gasteiger partial charge in [-0.05, 0) is 37.2 Å². The first-order chi connectivity index (χ1) is 16.3. The highest BCUT2D eigenvalue weighted by molar-refractivity contribution is 6.09. The van der Waals surface area contributed by atoms with Gasteiger partial charge in [-0.25, -0.2) is 9.18 Å². The van der Waals surface area contributed by atoms with Crippen LogP contribution in [-0.4, -0.2) is 78.9 Å². The van der Waals surface area contributed by atoms with Crippen molar-refractivity contribution < 1.29 is 18.8 Å². The Morgan fingerprint density at radius 2 is 1.71 bits per heavy atom. The van der Waals surface area contributed by atoms with E-state index in [1.54, 1.807) is 6.92 Å². The molecule has 0 aromatic heterocycles. The molecule has 2 fully saturated rings. The Kier molecular flexibility index (Phi) is 6.95. The van der Waals surface area contributed by atoms with E-state index in [1.807, 2.05) is 30.3 Å². The van der Waals surface area contributed by atoms with Crippen molar-refractivity contribution in [3.63, 3.8) is 0 Å². The molecular formula is C25H30FN5O3. The molecule has 2 atom stereocenters. The van der Waals surface area contributed by atoms with Crippen molar-refractivity contribution >= 4 is 17.8 Å². The molecule has 34 heavy (non-hydrogen) atoms. The van der Waals surface area contributed by atoms with Crippen LogP contribution in [0.15, 0.2) is 54.6 Å². The number of imide groups is 1. The molecule has 8 nitrogen and oxygen atoms in total. The SMILES string of the molecule is CN1CCN(CC(NC(=O)CN2C(=O)NC(C)(c3ccc(F)cc3)C2=O)c2ccccc2)CC1. The zero-order chi connectivity index (χ0) is 24.3. The smallest absolute Gasteiger partial charge is 0.325 e. The number of nitrogens with zero attached hydrogens (tertiary/aromatic N) is 3. The van der Waals surface area contributed by atoms with Crippen LogP contribution in [0.1, 0.15) is 24.1 Å². The number of rotatable bonds is 7. The Morgan fingerprint density at radius 1 is 1.06 bits per heavy atom. The number of carbonyl (C=O) groups is 3. The number of piperazine rings is 1. The van der Waals surface area contributed by atoms with Gasteiger partial charge in [0.2, 0.25) is 5.91 Å². The van der Waals surface area contributed by atoms with E-state index in [4.69, 9.17) is 0 Å². The number of hydrogen-bond acceptors (Lipinski definition) is 5. The predicted octanol–water partition coefficient (Wildman–Crippen LogP) is 1.70. The first-order valence-electron chi connectivity index (χ1n) is 11.4.